The lowest BCUT2D eigenvalue weighted by molar-refractivity contribution is -0.118. The van der Waals surface area contributed by atoms with Gasteiger partial charge in [-0.2, -0.15) is 9.78 Å². The van der Waals surface area contributed by atoms with Crippen molar-refractivity contribution >= 4 is 72.2 Å². The Morgan fingerprint density at radius 3 is 2.74 bits per heavy atom. The molecule has 12 heteroatoms. The third-order valence-corrected chi connectivity index (χ3v) is 7.43. The Labute approximate surface area is 245 Å². The number of carbonyl (C=O) groups excluding carboxylic acids is 1. The fourth-order valence-corrected chi connectivity index (χ4v) is 4.72. The van der Waals surface area contributed by atoms with E-state index in [2.05, 4.69) is 47.3 Å². The second-order valence-electron chi connectivity index (χ2n) is 8.27. The molecule has 4 rings (SSSR count). The van der Waals surface area contributed by atoms with Crippen LogP contribution in [0.3, 0.4) is 0 Å². The summed E-state index contributed by atoms with van der Waals surface area (Å²) in [5.41, 5.74) is 1.08. The molecule has 1 N–H and O–H groups in total. The summed E-state index contributed by atoms with van der Waals surface area (Å²) in [4.78, 5) is 30.2. The summed E-state index contributed by atoms with van der Waals surface area (Å²) in [6.45, 7) is 1.59. The van der Waals surface area contributed by atoms with Crippen molar-refractivity contribution in [3.63, 3.8) is 0 Å². The van der Waals surface area contributed by atoms with Crippen LogP contribution in [0.15, 0.2) is 67.4 Å². The number of halogens is 4. The average molecular weight is 681 g/mol. The number of aryl methyl sites for hydroxylation is 1. The average Bonchev–Trinajstić information content (AvgIpc) is 2.90. The van der Waals surface area contributed by atoms with Gasteiger partial charge in [0.15, 0.2) is 18.1 Å². The molecule has 0 unspecified atom stereocenters. The first-order chi connectivity index (χ1) is 18.7. The maximum Gasteiger partial charge on any atom is 0.282 e. The molecule has 0 aliphatic rings. The lowest BCUT2D eigenvalue weighted by atomic mass is 10.2. The van der Waals surface area contributed by atoms with Gasteiger partial charge in [-0.05, 0) is 64.8 Å². The van der Waals surface area contributed by atoms with Crippen molar-refractivity contribution in [1.29, 1.82) is 0 Å². The Morgan fingerprint density at radius 2 is 2.03 bits per heavy atom. The molecule has 3 aromatic carbocycles. The summed E-state index contributed by atoms with van der Waals surface area (Å²) < 4.78 is 26.9. The minimum absolute atomic E-state index is 0.124. The molecule has 1 heterocycles. The first kappa shape index (κ1) is 28.7. The van der Waals surface area contributed by atoms with Crippen LogP contribution in [0.25, 0.3) is 10.9 Å². The third kappa shape index (κ3) is 6.66. The molecule has 0 radical (unpaired) electrons. The Hall–Kier alpha value is -3.28. The van der Waals surface area contributed by atoms with Gasteiger partial charge in [0, 0.05) is 26.6 Å². The van der Waals surface area contributed by atoms with Crippen LogP contribution < -0.4 is 20.3 Å². The zero-order valence-electron chi connectivity index (χ0n) is 20.8. The van der Waals surface area contributed by atoms with Gasteiger partial charge in [-0.1, -0.05) is 40.5 Å². The monoisotopic (exact) mass is 678 g/mol. The fraction of sp³-hybridized carbons (Fsp3) is 0.185. The van der Waals surface area contributed by atoms with Crippen molar-refractivity contribution in [1.82, 2.24) is 9.66 Å². The number of aromatic nitrogens is 2. The van der Waals surface area contributed by atoms with Crippen LogP contribution in [0, 0.1) is 5.82 Å². The lowest BCUT2D eigenvalue weighted by Gasteiger charge is -2.15. The van der Waals surface area contributed by atoms with Gasteiger partial charge in [-0.15, -0.1) is 0 Å². The highest BCUT2D eigenvalue weighted by Crippen LogP contribution is 2.42. The Kier molecular flexibility index (Phi) is 9.36. The van der Waals surface area contributed by atoms with Crippen molar-refractivity contribution < 1.29 is 18.7 Å². The highest BCUT2D eigenvalue weighted by atomic mass is 79.9. The number of amides is 1. The minimum Gasteiger partial charge on any atom is -0.493 e. The van der Waals surface area contributed by atoms with Crippen LogP contribution in [0.1, 0.15) is 24.7 Å². The van der Waals surface area contributed by atoms with Gasteiger partial charge in [0.05, 0.1) is 24.2 Å². The van der Waals surface area contributed by atoms with E-state index in [1.54, 1.807) is 24.3 Å². The van der Waals surface area contributed by atoms with Crippen LogP contribution >= 0.6 is 43.5 Å². The van der Waals surface area contributed by atoms with Crippen LogP contribution in [0.2, 0.25) is 5.02 Å². The molecule has 8 nitrogen and oxygen atoms in total. The van der Waals surface area contributed by atoms with E-state index in [1.807, 2.05) is 13.0 Å². The maximum absolute atomic E-state index is 13.4. The Bertz CT molecular complexity index is 1640. The topological polar surface area (TPSA) is 94.8 Å². The number of rotatable bonds is 9. The molecule has 4 aromatic rings. The van der Waals surface area contributed by atoms with Gasteiger partial charge in [0.25, 0.3) is 11.5 Å². The molecule has 39 heavy (non-hydrogen) atoms. The summed E-state index contributed by atoms with van der Waals surface area (Å²) in [7, 11) is 1.43. The normalized spacial score (nSPS) is 11.2. The number of hydrogen-bond donors (Lipinski definition) is 1. The first-order valence-electron chi connectivity index (χ1n) is 11.7. The van der Waals surface area contributed by atoms with E-state index in [-0.39, 0.29) is 22.1 Å². The van der Waals surface area contributed by atoms with Gasteiger partial charge in [0.2, 0.25) is 0 Å². The predicted octanol–water partition coefficient (Wildman–Crippen LogP) is 6.57. The fourth-order valence-electron chi connectivity index (χ4n) is 3.70. The zero-order valence-corrected chi connectivity index (χ0v) is 24.7. The molecule has 1 amide bonds. The number of ether oxygens (including phenoxy) is 2. The number of benzene rings is 3. The van der Waals surface area contributed by atoms with Crippen molar-refractivity contribution in [2.75, 3.05) is 19.0 Å². The second-order valence-corrected chi connectivity index (χ2v) is 10.4. The molecule has 0 saturated carbocycles. The van der Waals surface area contributed by atoms with E-state index in [1.165, 1.54) is 36.2 Å². The molecule has 0 aliphatic carbocycles. The maximum atomic E-state index is 13.4. The van der Waals surface area contributed by atoms with E-state index >= 15 is 0 Å². The Balaban J connectivity index is 1.63. The van der Waals surface area contributed by atoms with Crippen molar-refractivity contribution in [2.24, 2.45) is 5.10 Å². The highest BCUT2D eigenvalue weighted by Gasteiger charge is 2.19. The van der Waals surface area contributed by atoms with Crippen LogP contribution in [0.4, 0.5) is 10.1 Å². The van der Waals surface area contributed by atoms with E-state index in [0.29, 0.717) is 38.9 Å². The van der Waals surface area contributed by atoms with Crippen molar-refractivity contribution in [3.05, 3.63) is 90.1 Å². The molecule has 0 atom stereocenters. The molecule has 0 saturated heterocycles. The summed E-state index contributed by atoms with van der Waals surface area (Å²) in [6.07, 6.45) is 2.78. The largest absolute Gasteiger partial charge is 0.493 e. The molecule has 0 fully saturated rings. The van der Waals surface area contributed by atoms with E-state index in [9.17, 15) is 14.0 Å². The molecule has 0 aliphatic heterocycles. The van der Waals surface area contributed by atoms with Gasteiger partial charge in [-0.25, -0.2) is 9.37 Å². The lowest BCUT2D eigenvalue weighted by Crippen LogP contribution is -2.22. The number of hydrogen-bond acceptors (Lipinski definition) is 6. The molecule has 0 bridgehead atoms. The number of nitrogens with zero attached hydrogens (tertiary/aromatic N) is 3. The zero-order chi connectivity index (χ0) is 28.1. The SMILES string of the molecule is CCCc1nc2ccc(Br)cc2c(=O)n1N=Cc1cc(OC)c(OCC(=O)Nc2cccc(F)c2)c(Cl)c1Br. The quantitative estimate of drug-likeness (QED) is 0.202. The number of fused-ring (bicyclic) bond motifs is 1. The van der Waals surface area contributed by atoms with Crippen molar-refractivity contribution in [3.8, 4) is 11.5 Å². The Morgan fingerprint density at radius 1 is 1.23 bits per heavy atom. The number of anilines is 1. The van der Waals surface area contributed by atoms with Gasteiger partial charge in [0.1, 0.15) is 16.7 Å². The van der Waals surface area contributed by atoms with Gasteiger partial charge < -0.3 is 14.8 Å². The minimum atomic E-state index is -0.515. The second kappa shape index (κ2) is 12.7. The molecular weight excluding hydrogens is 659 g/mol. The molecular formula is C27H22Br2ClFN4O4. The number of methoxy groups -OCH3 is 1. The first-order valence-corrected chi connectivity index (χ1v) is 13.7. The smallest absolute Gasteiger partial charge is 0.282 e. The van der Waals surface area contributed by atoms with Crippen LogP contribution in [-0.4, -0.2) is 35.5 Å². The van der Waals surface area contributed by atoms with Gasteiger partial charge in [-0.3, -0.25) is 9.59 Å². The van der Waals surface area contributed by atoms with E-state index < -0.39 is 18.3 Å². The van der Waals surface area contributed by atoms with E-state index in [0.717, 1.165) is 10.9 Å². The van der Waals surface area contributed by atoms with Crippen LogP contribution in [-0.2, 0) is 11.2 Å². The summed E-state index contributed by atoms with van der Waals surface area (Å²) >= 11 is 13.4. The molecule has 0 spiro atoms. The molecule has 1 aromatic heterocycles. The summed E-state index contributed by atoms with van der Waals surface area (Å²) in [6, 6.07) is 12.4. The number of carbonyl (C=O) groups is 1. The summed E-state index contributed by atoms with van der Waals surface area (Å²) in [5, 5.41) is 7.54. The predicted molar refractivity (Wildman–Crippen MR) is 157 cm³/mol. The van der Waals surface area contributed by atoms with E-state index in [4.69, 9.17) is 21.1 Å². The van der Waals surface area contributed by atoms with Gasteiger partial charge >= 0.3 is 0 Å². The third-order valence-electron chi connectivity index (χ3n) is 5.49. The summed E-state index contributed by atoms with van der Waals surface area (Å²) in [5.74, 6) is -0.106. The van der Waals surface area contributed by atoms with Crippen molar-refractivity contribution in [2.45, 2.75) is 19.8 Å². The number of nitrogens with one attached hydrogen (secondary N) is 1. The van der Waals surface area contributed by atoms with Crippen LogP contribution in [0.5, 0.6) is 11.5 Å². The molecule has 202 valence electrons. The highest BCUT2D eigenvalue weighted by molar-refractivity contribution is 9.10. The standard InChI is InChI=1S/C27H22Br2ClFN4O4/c1-3-5-22-34-20-9-8-16(28)11-19(20)27(37)35(22)32-13-15-10-21(38-2)26(25(30)24(15)29)39-14-23(36)33-18-7-4-6-17(31)12-18/h4,6-13H,3,5,14H2,1-2H3,(H,33,36).